The summed E-state index contributed by atoms with van der Waals surface area (Å²) < 4.78 is 10.6. The van der Waals surface area contributed by atoms with E-state index in [4.69, 9.17) is 14.6 Å². The van der Waals surface area contributed by atoms with Gasteiger partial charge in [0.25, 0.3) is 0 Å². The zero-order valence-electron chi connectivity index (χ0n) is 14.3. The second-order valence-corrected chi connectivity index (χ2v) is 5.35. The number of hydrogen-bond acceptors (Lipinski definition) is 7. The van der Waals surface area contributed by atoms with Crippen LogP contribution in [0, 0.1) is 0 Å². The Kier molecular flexibility index (Phi) is 5.02. The lowest BCUT2D eigenvalue weighted by atomic mass is 10.2. The van der Waals surface area contributed by atoms with E-state index in [0.29, 0.717) is 34.5 Å². The molecule has 1 heterocycles. The van der Waals surface area contributed by atoms with Crippen molar-refractivity contribution < 1.29 is 19.4 Å². The number of carboxylic acid groups (broad SMARTS) is 1. The molecule has 3 N–H and O–H groups in total. The Morgan fingerprint density at radius 2 is 1.92 bits per heavy atom. The molecule has 26 heavy (non-hydrogen) atoms. The third kappa shape index (κ3) is 3.75. The van der Waals surface area contributed by atoms with Gasteiger partial charge in [0.1, 0.15) is 23.9 Å². The van der Waals surface area contributed by atoms with Crippen LogP contribution in [0.15, 0.2) is 42.5 Å². The van der Waals surface area contributed by atoms with Crippen molar-refractivity contribution in [3.63, 3.8) is 0 Å². The highest BCUT2D eigenvalue weighted by Crippen LogP contribution is 2.31. The highest BCUT2D eigenvalue weighted by atomic mass is 16.5. The summed E-state index contributed by atoms with van der Waals surface area (Å²) in [5, 5.41) is 15.6. The zero-order chi connectivity index (χ0) is 18.5. The van der Waals surface area contributed by atoms with E-state index < -0.39 is 5.97 Å². The molecule has 0 atom stereocenters. The van der Waals surface area contributed by atoms with Gasteiger partial charge in [0.15, 0.2) is 0 Å². The van der Waals surface area contributed by atoms with E-state index in [1.165, 1.54) is 0 Å². The highest BCUT2D eigenvalue weighted by molar-refractivity contribution is 5.91. The number of ether oxygens (including phenoxy) is 2. The molecule has 2 aromatic carbocycles. The average molecular weight is 354 g/mol. The molecule has 0 fully saturated rings. The maximum Gasteiger partial charge on any atom is 0.322 e. The molecule has 134 valence electrons. The van der Waals surface area contributed by atoms with Crippen LogP contribution < -0.4 is 20.1 Å². The number of carboxylic acids is 1. The molecule has 0 aliphatic heterocycles. The summed E-state index contributed by atoms with van der Waals surface area (Å²) in [4.78, 5) is 19.8. The van der Waals surface area contributed by atoms with Gasteiger partial charge >= 0.3 is 5.97 Å². The third-order valence-electron chi connectivity index (χ3n) is 3.67. The maximum atomic E-state index is 10.9. The number of anilines is 3. The number of fused-ring (bicyclic) bond motifs is 1. The number of hydrogen-bond donors (Lipinski definition) is 3. The molecule has 8 nitrogen and oxygen atoms in total. The van der Waals surface area contributed by atoms with Gasteiger partial charge in [0, 0.05) is 11.5 Å². The van der Waals surface area contributed by atoms with Crippen molar-refractivity contribution >= 4 is 34.3 Å². The first-order valence-electron chi connectivity index (χ1n) is 7.82. The van der Waals surface area contributed by atoms with Crippen molar-refractivity contribution in [2.24, 2.45) is 0 Å². The monoisotopic (exact) mass is 354 g/mol. The Bertz CT molecular complexity index is 946. The third-order valence-corrected chi connectivity index (χ3v) is 3.67. The first-order valence-corrected chi connectivity index (χ1v) is 7.82. The van der Waals surface area contributed by atoms with E-state index in [9.17, 15) is 4.79 Å². The molecule has 0 radical (unpaired) electrons. The van der Waals surface area contributed by atoms with Crippen LogP contribution in [0.5, 0.6) is 11.5 Å². The molecule has 0 amide bonds. The Balaban J connectivity index is 1.99. The molecule has 3 aromatic rings. The van der Waals surface area contributed by atoms with Crippen LogP contribution in [-0.4, -0.2) is 41.8 Å². The lowest BCUT2D eigenvalue weighted by Crippen LogP contribution is -2.14. The fraction of sp³-hybridized carbons (Fsp3) is 0.167. The first kappa shape index (κ1) is 17.3. The molecule has 3 rings (SSSR count). The first-order chi connectivity index (χ1) is 12.6. The molecular weight excluding hydrogens is 336 g/mol. The highest BCUT2D eigenvalue weighted by Gasteiger charge is 2.11. The normalized spacial score (nSPS) is 10.4. The van der Waals surface area contributed by atoms with Crippen LogP contribution in [-0.2, 0) is 4.79 Å². The van der Waals surface area contributed by atoms with Crippen molar-refractivity contribution in [3.8, 4) is 11.5 Å². The Morgan fingerprint density at radius 3 is 2.65 bits per heavy atom. The summed E-state index contributed by atoms with van der Waals surface area (Å²) in [7, 11) is 3.13. The second-order valence-electron chi connectivity index (χ2n) is 5.35. The molecule has 0 aliphatic carbocycles. The van der Waals surface area contributed by atoms with Gasteiger partial charge in [-0.05, 0) is 24.3 Å². The number of methoxy groups -OCH3 is 2. The predicted octanol–water partition coefficient (Wildman–Crippen LogP) is 2.89. The molecule has 0 aliphatic rings. The molecule has 0 saturated heterocycles. The van der Waals surface area contributed by atoms with Gasteiger partial charge in [-0.2, -0.15) is 4.98 Å². The molecule has 0 unspecified atom stereocenters. The van der Waals surface area contributed by atoms with Crippen LogP contribution in [0.25, 0.3) is 10.9 Å². The van der Waals surface area contributed by atoms with Crippen LogP contribution in [0.4, 0.5) is 17.5 Å². The summed E-state index contributed by atoms with van der Waals surface area (Å²) in [6.07, 6.45) is 0. The summed E-state index contributed by atoms with van der Waals surface area (Å²) >= 11 is 0. The van der Waals surface area contributed by atoms with Gasteiger partial charge in [-0.25, -0.2) is 4.98 Å². The number of rotatable bonds is 7. The minimum Gasteiger partial charge on any atom is -0.497 e. The lowest BCUT2D eigenvalue weighted by Gasteiger charge is -2.13. The fourth-order valence-corrected chi connectivity index (χ4v) is 2.45. The number of aromatic nitrogens is 2. The van der Waals surface area contributed by atoms with Gasteiger partial charge in [-0.15, -0.1) is 0 Å². The van der Waals surface area contributed by atoms with Crippen LogP contribution in [0.3, 0.4) is 0 Å². The summed E-state index contributed by atoms with van der Waals surface area (Å²) in [6, 6.07) is 12.7. The molecular formula is C18H18N4O4. The Labute approximate surface area is 149 Å². The minimum absolute atomic E-state index is 0.244. The van der Waals surface area contributed by atoms with Gasteiger partial charge in [-0.3, -0.25) is 4.79 Å². The fourth-order valence-electron chi connectivity index (χ4n) is 2.45. The van der Waals surface area contributed by atoms with E-state index in [-0.39, 0.29) is 6.54 Å². The lowest BCUT2D eigenvalue weighted by molar-refractivity contribution is -0.134. The van der Waals surface area contributed by atoms with Crippen molar-refractivity contribution in [1.29, 1.82) is 0 Å². The second kappa shape index (κ2) is 7.56. The number of aliphatic carboxylic acids is 1. The number of nitrogens with zero attached hydrogens (tertiary/aromatic N) is 2. The number of benzene rings is 2. The van der Waals surface area contributed by atoms with E-state index in [2.05, 4.69) is 20.6 Å². The van der Waals surface area contributed by atoms with Crippen molar-refractivity contribution in [2.45, 2.75) is 0 Å². The quantitative estimate of drug-likeness (QED) is 0.595. The van der Waals surface area contributed by atoms with Crippen LogP contribution >= 0.6 is 0 Å². The van der Waals surface area contributed by atoms with Gasteiger partial charge in [-0.1, -0.05) is 12.1 Å². The largest absolute Gasteiger partial charge is 0.497 e. The summed E-state index contributed by atoms with van der Waals surface area (Å²) in [5.74, 6) is 1.02. The number of para-hydroxylation sites is 1. The molecule has 1 aromatic heterocycles. The van der Waals surface area contributed by atoms with Crippen molar-refractivity contribution in [1.82, 2.24) is 9.97 Å². The van der Waals surface area contributed by atoms with E-state index >= 15 is 0 Å². The van der Waals surface area contributed by atoms with Gasteiger partial charge in [0.05, 0.1) is 25.4 Å². The SMILES string of the molecule is COc1ccc(Nc2nc(NCC(=O)O)c3ccccc3n2)c(OC)c1. The standard InChI is InChI=1S/C18H18N4O4/c1-25-11-7-8-14(15(9-11)26-2)21-18-20-13-6-4-3-5-12(13)17(22-18)19-10-16(23)24/h3-9H,10H2,1-2H3,(H,23,24)(H2,19,20,21,22). The molecule has 0 saturated carbocycles. The maximum absolute atomic E-state index is 10.9. The van der Waals surface area contributed by atoms with Crippen molar-refractivity contribution in [3.05, 3.63) is 42.5 Å². The number of carbonyl (C=O) groups is 1. The molecule has 0 spiro atoms. The summed E-state index contributed by atoms with van der Waals surface area (Å²) in [5.41, 5.74) is 1.35. The number of nitrogens with one attached hydrogen (secondary N) is 2. The van der Waals surface area contributed by atoms with Crippen molar-refractivity contribution in [2.75, 3.05) is 31.4 Å². The minimum atomic E-state index is -0.973. The Hall–Kier alpha value is -3.55. The summed E-state index contributed by atoms with van der Waals surface area (Å²) in [6.45, 7) is -0.244. The van der Waals surface area contributed by atoms with E-state index in [1.807, 2.05) is 24.3 Å². The zero-order valence-corrected chi connectivity index (χ0v) is 14.3. The predicted molar refractivity (Wildman–Crippen MR) is 98.5 cm³/mol. The smallest absolute Gasteiger partial charge is 0.322 e. The molecule has 8 heteroatoms. The van der Waals surface area contributed by atoms with Crippen LogP contribution in [0.2, 0.25) is 0 Å². The van der Waals surface area contributed by atoms with E-state index in [0.717, 1.165) is 5.39 Å². The molecule has 0 bridgehead atoms. The van der Waals surface area contributed by atoms with E-state index in [1.54, 1.807) is 32.4 Å². The van der Waals surface area contributed by atoms with Gasteiger partial charge < -0.3 is 25.2 Å². The Morgan fingerprint density at radius 1 is 1.12 bits per heavy atom. The topological polar surface area (TPSA) is 106 Å². The average Bonchev–Trinajstić information content (AvgIpc) is 2.66. The van der Waals surface area contributed by atoms with Gasteiger partial charge in [0.2, 0.25) is 5.95 Å². The van der Waals surface area contributed by atoms with Crippen LogP contribution in [0.1, 0.15) is 0 Å².